The van der Waals surface area contributed by atoms with Crippen molar-refractivity contribution in [3.05, 3.63) is 71.9 Å². The number of nitrogens with zero attached hydrogens (tertiary/aromatic N) is 1. The van der Waals surface area contributed by atoms with Crippen LogP contribution in [0.5, 0.6) is 0 Å². The zero-order valence-electron chi connectivity index (χ0n) is 22.3. The van der Waals surface area contributed by atoms with Crippen molar-refractivity contribution in [2.45, 2.75) is 57.0 Å². The van der Waals surface area contributed by atoms with Crippen LogP contribution in [0.4, 0.5) is 0 Å². The summed E-state index contributed by atoms with van der Waals surface area (Å²) in [5.74, 6) is -0.564. The van der Waals surface area contributed by atoms with Crippen LogP contribution in [0.1, 0.15) is 44.7 Å². The topological polar surface area (TPSA) is 120 Å². The van der Waals surface area contributed by atoms with Gasteiger partial charge >= 0.3 is 0 Å². The molecule has 4 rings (SSSR count). The molecule has 9 heteroatoms. The van der Waals surface area contributed by atoms with Gasteiger partial charge in [0.2, 0.25) is 17.7 Å². The Morgan fingerprint density at radius 3 is 2.32 bits per heavy atom. The minimum atomic E-state index is -1.12. The Kier molecular flexibility index (Phi) is 9.22. The summed E-state index contributed by atoms with van der Waals surface area (Å²) in [5, 5.41) is 6.91. The predicted molar refractivity (Wildman–Crippen MR) is 152 cm³/mol. The van der Waals surface area contributed by atoms with Crippen LogP contribution in [0.15, 0.2) is 60.8 Å². The van der Waals surface area contributed by atoms with Gasteiger partial charge < -0.3 is 26.3 Å². The molecule has 0 radical (unpaired) electrons. The molecule has 5 N–H and O–H groups in total. The van der Waals surface area contributed by atoms with Crippen LogP contribution >= 0.6 is 12.4 Å². The molecule has 3 aromatic rings. The van der Waals surface area contributed by atoms with Gasteiger partial charge in [0.05, 0.1) is 11.0 Å². The normalized spacial score (nSPS) is 15.8. The van der Waals surface area contributed by atoms with Crippen LogP contribution in [0.25, 0.3) is 10.9 Å². The van der Waals surface area contributed by atoms with Crippen molar-refractivity contribution < 1.29 is 14.4 Å². The second-order valence-electron chi connectivity index (χ2n) is 10.4. The largest absolute Gasteiger partial charge is 0.361 e. The van der Waals surface area contributed by atoms with Gasteiger partial charge in [-0.3, -0.25) is 14.4 Å². The molecular formula is C29H38ClN5O3. The second kappa shape index (κ2) is 12.0. The van der Waals surface area contributed by atoms with E-state index in [0.29, 0.717) is 38.9 Å². The Morgan fingerprint density at radius 1 is 1.05 bits per heavy atom. The van der Waals surface area contributed by atoms with E-state index in [1.165, 1.54) is 0 Å². The van der Waals surface area contributed by atoms with E-state index in [-0.39, 0.29) is 30.1 Å². The van der Waals surface area contributed by atoms with E-state index < -0.39 is 17.0 Å². The second-order valence-corrected chi connectivity index (χ2v) is 10.4. The number of likely N-dealkylation sites (tertiary alicyclic amines) is 1. The smallest absolute Gasteiger partial charge is 0.245 e. The molecule has 3 amide bonds. The number of aromatic amines is 1. The van der Waals surface area contributed by atoms with Crippen molar-refractivity contribution in [3.63, 3.8) is 0 Å². The molecule has 1 saturated heterocycles. The van der Waals surface area contributed by atoms with Crippen LogP contribution in [0, 0.1) is 0 Å². The maximum atomic E-state index is 13.8. The van der Waals surface area contributed by atoms with Gasteiger partial charge in [0, 0.05) is 43.2 Å². The minimum absolute atomic E-state index is 0. The van der Waals surface area contributed by atoms with Crippen molar-refractivity contribution in [2.24, 2.45) is 5.73 Å². The number of halogens is 1. The molecule has 1 aliphatic heterocycles. The maximum absolute atomic E-state index is 13.8. The molecule has 204 valence electrons. The van der Waals surface area contributed by atoms with Gasteiger partial charge in [0.15, 0.2) is 0 Å². The van der Waals surface area contributed by atoms with Gasteiger partial charge in [-0.15, -0.1) is 12.4 Å². The Morgan fingerprint density at radius 2 is 1.68 bits per heavy atom. The van der Waals surface area contributed by atoms with Crippen molar-refractivity contribution in [1.82, 2.24) is 20.5 Å². The lowest BCUT2D eigenvalue weighted by atomic mass is 9.72. The number of likely N-dealkylation sites (N-methyl/N-ethyl adjacent to an activating group) is 1. The number of carbonyl (C=O) groups is 3. The molecule has 1 aromatic heterocycles. The van der Waals surface area contributed by atoms with E-state index in [9.17, 15) is 14.4 Å². The van der Waals surface area contributed by atoms with E-state index in [4.69, 9.17) is 5.73 Å². The fourth-order valence-corrected chi connectivity index (χ4v) is 5.13. The molecule has 0 saturated carbocycles. The molecule has 1 fully saturated rings. The lowest BCUT2D eigenvalue weighted by Gasteiger charge is -2.42. The molecule has 2 heterocycles. The Hall–Kier alpha value is -3.36. The SMILES string of the molecule is CCNC(=O)C1(c2ccccc2)CCN(C(=O)[C@@H](Cc2c[nH]c3ccccc23)NC(=O)C(C)(C)N)CC1.Cl. The number of para-hydroxylation sites is 1. The highest BCUT2D eigenvalue weighted by molar-refractivity contribution is 5.93. The van der Waals surface area contributed by atoms with E-state index in [0.717, 1.165) is 22.0 Å². The van der Waals surface area contributed by atoms with Crippen molar-refractivity contribution >= 4 is 41.0 Å². The molecule has 0 aliphatic carbocycles. The maximum Gasteiger partial charge on any atom is 0.245 e. The number of nitrogens with two attached hydrogens (primary N) is 1. The molecular weight excluding hydrogens is 502 g/mol. The number of amides is 3. The van der Waals surface area contributed by atoms with Gasteiger partial charge in [-0.2, -0.15) is 0 Å². The number of hydrogen-bond acceptors (Lipinski definition) is 4. The van der Waals surface area contributed by atoms with Crippen LogP contribution in [-0.4, -0.2) is 58.8 Å². The molecule has 2 aromatic carbocycles. The van der Waals surface area contributed by atoms with E-state index >= 15 is 0 Å². The fraction of sp³-hybridized carbons (Fsp3) is 0.414. The van der Waals surface area contributed by atoms with E-state index in [1.54, 1.807) is 18.7 Å². The first-order valence-electron chi connectivity index (χ1n) is 12.9. The summed E-state index contributed by atoms with van der Waals surface area (Å²) < 4.78 is 0. The summed E-state index contributed by atoms with van der Waals surface area (Å²) >= 11 is 0. The highest BCUT2D eigenvalue weighted by atomic mass is 35.5. The number of aromatic nitrogens is 1. The average Bonchev–Trinajstić information content (AvgIpc) is 3.30. The number of nitrogens with one attached hydrogen (secondary N) is 3. The third kappa shape index (κ3) is 6.03. The van der Waals surface area contributed by atoms with Crippen LogP contribution in [0.2, 0.25) is 0 Å². The molecule has 8 nitrogen and oxygen atoms in total. The highest BCUT2D eigenvalue weighted by Crippen LogP contribution is 2.36. The highest BCUT2D eigenvalue weighted by Gasteiger charge is 2.44. The number of piperidine rings is 1. The number of H-pyrrole nitrogens is 1. The summed E-state index contributed by atoms with van der Waals surface area (Å²) in [5.41, 5.74) is 7.11. The third-order valence-electron chi connectivity index (χ3n) is 7.31. The van der Waals surface area contributed by atoms with E-state index in [2.05, 4.69) is 15.6 Å². The fourth-order valence-electron chi connectivity index (χ4n) is 5.13. The van der Waals surface area contributed by atoms with Gasteiger partial charge in [-0.05, 0) is 50.8 Å². The Bertz CT molecular complexity index is 1260. The summed E-state index contributed by atoms with van der Waals surface area (Å²) in [7, 11) is 0. The first kappa shape index (κ1) is 29.2. The first-order chi connectivity index (χ1) is 17.7. The number of benzene rings is 2. The minimum Gasteiger partial charge on any atom is -0.361 e. The zero-order chi connectivity index (χ0) is 26.6. The Balaban J connectivity index is 0.00000400. The van der Waals surface area contributed by atoms with Crippen molar-refractivity contribution in [1.29, 1.82) is 0 Å². The number of carbonyl (C=O) groups excluding carboxylic acids is 3. The number of rotatable bonds is 8. The van der Waals surface area contributed by atoms with Gasteiger partial charge in [-0.25, -0.2) is 0 Å². The summed E-state index contributed by atoms with van der Waals surface area (Å²) in [4.78, 5) is 44.9. The average molecular weight is 540 g/mol. The first-order valence-corrected chi connectivity index (χ1v) is 12.9. The summed E-state index contributed by atoms with van der Waals surface area (Å²) in [6.07, 6.45) is 3.23. The monoisotopic (exact) mass is 539 g/mol. The molecule has 1 atom stereocenters. The predicted octanol–water partition coefficient (Wildman–Crippen LogP) is 3.05. The van der Waals surface area contributed by atoms with Crippen LogP contribution < -0.4 is 16.4 Å². The lowest BCUT2D eigenvalue weighted by Crippen LogP contribution is -2.59. The quantitative estimate of drug-likeness (QED) is 0.351. The number of hydrogen-bond donors (Lipinski definition) is 4. The summed E-state index contributed by atoms with van der Waals surface area (Å²) in [6, 6.07) is 16.9. The zero-order valence-corrected chi connectivity index (χ0v) is 23.1. The molecule has 38 heavy (non-hydrogen) atoms. The van der Waals surface area contributed by atoms with Crippen LogP contribution in [-0.2, 0) is 26.2 Å². The van der Waals surface area contributed by atoms with Crippen molar-refractivity contribution in [2.75, 3.05) is 19.6 Å². The van der Waals surface area contributed by atoms with Gasteiger partial charge in [0.25, 0.3) is 0 Å². The third-order valence-corrected chi connectivity index (χ3v) is 7.31. The van der Waals surface area contributed by atoms with Gasteiger partial charge in [-0.1, -0.05) is 48.5 Å². The van der Waals surface area contributed by atoms with E-state index in [1.807, 2.05) is 67.7 Å². The lowest BCUT2D eigenvalue weighted by molar-refractivity contribution is -0.140. The van der Waals surface area contributed by atoms with Gasteiger partial charge in [0.1, 0.15) is 6.04 Å². The molecule has 0 spiro atoms. The van der Waals surface area contributed by atoms with Crippen molar-refractivity contribution in [3.8, 4) is 0 Å². The summed E-state index contributed by atoms with van der Waals surface area (Å²) in [6.45, 7) is 6.53. The molecule has 0 unspecified atom stereocenters. The van der Waals surface area contributed by atoms with Crippen LogP contribution in [0.3, 0.4) is 0 Å². The standard InChI is InChI=1S/C29H37N5O3.ClH/c1-4-31-27(37)29(21-10-6-5-7-11-21)14-16-34(17-15-29)25(35)24(33-26(36)28(2,3)30)18-20-19-32-23-13-9-8-12-22(20)23;/h5-13,19,24,32H,4,14-18,30H2,1-3H3,(H,31,37)(H,33,36);1H/t24-;/m1./s1. The molecule has 0 bridgehead atoms. The Labute approximate surface area is 230 Å². The number of fused-ring (bicyclic) bond motifs is 1. The molecule has 1 aliphatic rings.